The zero-order valence-electron chi connectivity index (χ0n) is 16.3. The minimum absolute atomic E-state index is 0.0140. The van der Waals surface area contributed by atoms with Gasteiger partial charge in [-0.3, -0.25) is 9.69 Å². The third kappa shape index (κ3) is 7.21. The summed E-state index contributed by atoms with van der Waals surface area (Å²) in [4.78, 5) is 24.6. The smallest absolute Gasteiger partial charge is 0.475 e. The van der Waals surface area contributed by atoms with E-state index < -0.39 is 12.1 Å². The summed E-state index contributed by atoms with van der Waals surface area (Å²) in [6.45, 7) is 3.18. The fraction of sp³-hybridized carbons (Fsp3) is 0.889. The standard InChI is InChI=1S/C16H28N2O3.C2HF3O2/c1-17(2)16(19)11-20-10-13-5-6-14-15(21-13)7-8-18(14)9-12-3-4-12;3-2(4,5)1(6)7/h12-15H,3-11H2,1-2H3;(H,6,7)/t13-,14-,15-;/m1./s1. The molecule has 3 atom stereocenters. The summed E-state index contributed by atoms with van der Waals surface area (Å²) in [6.07, 6.45) is 1.74. The van der Waals surface area contributed by atoms with Crippen LogP contribution in [0.2, 0.25) is 0 Å². The number of carbonyl (C=O) groups is 2. The number of carboxylic acid groups (broad SMARTS) is 1. The highest BCUT2D eigenvalue weighted by Crippen LogP contribution is 2.36. The molecule has 3 fully saturated rings. The number of carbonyl (C=O) groups excluding carboxylic acids is 1. The van der Waals surface area contributed by atoms with Gasteiger partial charge in [0.25, 0.3) is 0 Å². The molecule has 7 nitrogen and oxygen atoms in total. The molecular weight excluding hydrogens is 381 g/mol. The van der Waals surface area contributed by atoms with Crippen molar-refractivity contribution in [2.75, 3.05) is 40.4 Å². The van der Waals surface area contributed by atoms with Crippen LogP contribution in [0.5, 0.6) is 0 Å². The number of nitrogens with zero attached hydrogens (tertiary/aromatic N) is 2. The summed E-state index contributed by atoms with van der Waals surface area (Å²) in [5, 5.41) is 7.12. The maximum Gasteiger partial charge on any atom is 0.490 e. The highest BCUT2D eigenvalue weighted by Gasteiger charge is 2.41. The number of carboxylic acids is 1. The molecule has 3 rings (SSSR count). The summed E-state index contributed by atoms with van der Waals surface area (Å²) >= 11 is 0. The van der Waals surface area contributed by atoms with Gasteiger partial charge in [-0.1, -0.05) is 0 Å². The SMILES string of the molecule is CN(C)C(=O)COC[C@H]1CC[C@@H]2[C@@H](CCN2CC2CC2)O1.O=C(O)C(F)(F)F. The zero-order valence-corrected chi connectivity index (χ0v) is 16.3. The second-order valence-corrected chi connectivity index (χ2v) is 7.77. The van der Waals surface area contributed by atoms with Gasteiger partial charge in [0.15, 0.2) is 0 Å². The van der Waals surface area contributed by atoms with E-state index in [9.17, 15) is 18.0 Å². The first-order chi connectivity index (χ1) is 13.1. The number of halogens is 3. The lowest BCUT2D eigenvalue weighted by atomic mass is 9.99. The zero-order chi connectivity index (χ0) is 20.9. The third-order valence-corrected chi connectivity index (χ3v) is 5.21. The average molecular weight is 410 g/mol. The van der Waals surface area contributed by atoms with E-state index in [0.29, 0.717) is 18.8 Å². The van der Waals surface area contributed by atoms with Crippen molar-refractivity contribution in [3.05, 3.63) is 0 Å². The van der Waals surface area contributed by atoms with Crippen molar-refractivity contribution in [3.63, 3.8) is 0 Å². The fourth-order valence-corrected chi connectivity index (χ4v) is 3.47. The Hall–Kier alpha value is -1.39. The monoisotopic (exact) mass is 410 g/mol. The molecule has 0 aromatic carbocycles. The summed E-state index contributed by atoms with van der Waals surface area (Å²) in [5.41, 5.74) is 0. The van der Waals surface area contributed by atoms with E-state index in [4.69, 9.17) is 19.4 Å². The number of likely N-dealkylation sites (N-methyl/N-ethyl adjacent to an activating group) is 1. The lowest BCUT2D eigenvalue weighted by Gasteiger charge is -2.36. The molecule has 1 amide bonds. The van der Waals surface area contributed by atoms with Crippen molar-refractivity contribution in [1.82, 2.24) is 9.80 Å². The van der Waals surface area contributed by atoms with Crippen LogP contribution in [0, 0.1) is 5.92 Å². The van der Waals surface area contributed by atoms with Gasteiger partial charge in [-0.15, -0.1) is 0 Å². The number of amides is 1. The molecule has 0 aromatic rings. The summed E-state index contributed by atoms with van der Waals surface area (Å²) in [6, 6.07) is 0.630. The van der Waals surface area contributed by atoms with E-state index in [1.165, 1.54) is 32.4 Å². The Bertz CT molecular complexity index is 540. The molecule has 1 saturated carbocycles. The molecule has 28 heavy (non-hydrogen) atoms. The predicted molar refractivity (Wildman–Crippen MR) is 93.8 cm³/mol. The molecule has 0 bridgehead atoms. The Kier molecular flexibility index (Phi) is 8.08. The molecule has 162 valence electrons. The second kappa shape index (κ2) is 9.89. The largest absolute Gasteiger partial charge is 0.490 e. The first-order valence-electron chi connectivity index (χ1n) is 9.55. The van der Waals surface area contributed by atoms with Crippen molar-refractivity contribution in [2.24, 2.45) is 5.92 Å². The summed E-state index contributed by atoms with van der Waals surface area (Å²) in [5.74, 6) is -1.78. The van der Waals surface area contributed by atoms with Crippen LogP contribution in [0.4, 0.5) is 13.2 Å². The number of hydrogen-bond donors (Lipinski definition) is 1. The van der Waals surface area contributed by atoms with Gasteiger partial charge in [0.05, 0.1) is 18.8 Å². The molecule has 0 unspecified atom stereocenters. The second-order valence-electron chi connectivity index (χ2n) is 7.77. The molecule has 1 N–H and O–H groups in total. The Morgan fingerprint density at radius 3 is 2.36 bits per heavy atom. The van der Waals surface area contributed by atoms with Crippen LogP contribution in [0.15, 0.2) is 0 Å². The van der Waals surface area contributed by atoms with E-state index in [0.717, 1.165) is 18.8 Å². The first kappa shape index (κ1) is 22.9. The molecule has 2 aliphatic heterocycles. The van der Waals surface area contributed by atoms with Crippen molar-refractivity contribution in [1.29, 1.82) is 0 Å². The van der Waals surface area contributed by atoms with Gasteiger partial charge >= 0.3 is 12.1 Å². The van der Waals surface area contributed by atoms with Crippen molar-refractivity contribution >= 4 is 11.9 Å². The van der Waals surface area contributed by atoms with Crippen LogP contribution >= 0.6 is 0 Å². The van der Waals surface area contributed by atoms with Gasteiger partial charge in [0.2, 0.25) is 5.91 Å². The van der Waals surface area contributed by atoms with Gasteiger partial charge in [0, 0.05) is 33.2 Å². The van der Waals surface area contributed by atoms with E-state index in [2.05, 4.69) is 4.90 Å². The van der Waals surface area contributed by atoms with Crippen LogP contribution in [0.25, 0.3) is 0 Å². The molecular formula is C18H29F3N2O5. The average Bonchev–Trinajstić information content (AvgIpc) is 3.34. The first-order valence-corrected chi connectivity index (χ1v) is 9.55. The van der Waals surface area contributed by atoms with Gasteiger partial charge in [0.1, 0.15) is 6.61 Å². The molecule has 2 saturated heterocycles. The van der Waals surface area contributed by atoms with Crippen LogP contribution in [0.1, 0.15) is 32.1 Å². The Morgan fingerprint density at radius 2 is 1.82 bits per heavy atom. The number of ether oxygens (including phenoxy) is 2. The van der Waals surface area contributed by atoms with Gasteiger partial charge in [-0.05, 0) is 38.0 Å². The van der Waals surface area contributed by atoms with Crippen LogP contribution in [0.3, 0.4) is 0 Å². The predicted octanol–water partition coefficient (Wildman–Crippen LogP) is 1.76. The number of rotatable bonds is 6. The number of fused-ring (bicyclic) bond motifs is 1. The lowest BCUT2D eigenvalue weighted by molar-refractivity contribution is -0.192. The number of alkyl halides is 3. The van der Waals surface area contributed by atoms with E-state index >= 15 is 0 Å². The minimum Gasteiger partial charge on any atom is -0.475 e. The summed E-state index contributed by atoms with van der Waals surface area (Å²) < 4.78 is 43.4. The van der Waals surface area contributed by atoms with Crippen molar-refractivity contribution in [3.8, 4) is 0 Å². The lowest BCUT2D eigenvalue weighted by Crippen LogP contribution is -2.44. The maximum absolute atomic E-state index is 11.5. The number of hydrogen-bond acceptors (Lipinski definition) is 5. The molecule has 2 heterocycles. The summed E-state index contributed by atoms with van der Waals surface area (Å²) in [7, 11) is 3.50. The van der Waals surface area contributed by atoms with E-state index in [-0.39, 0.29) is 18.6 Å². The molecule has 0 radical (unpaired) electrons. The third-order valence-electron chi connectivity index (χ3n) is 5.21. The molecule has 0 spiro atoms. The van der Waals surface area contributed by atoms with Gasteiger partial charge in [-0.25, -0.2) is 4.79 Å². The van der Waals surface area contributed by atoms with Crippen LogP contribution < -0.4 is 0 Å². The maximum atomic E-state index is 11.5. The topological polar surface area (TPSA) is 79.3 Å². The van der Waals surface area contributed by atoms with Crippen molar-refractivity contribution < 1.29 is 37.3 Å². The highest BCUT2D eigenvalue weighted by atomic mass is 19.4. The quantitative estimate of drug-likeness (QED) is 0.719. The number of likely N-dealkylation sites (tertiary alicyclic amines) is 1. The van der Waals surface area contributed by atoms with Gasteiger partial charge < -0.3 is 19.5 Å². The highest BCUT2D eigenvalue weighted by molar-refractivity contribution is 5.76. The molecule has 0 aromatic heterocycles. The van der Waals surface area contributed by atoms with Gasteiger partial charge in [-0.2, -0.15) is 13.2 Å². The van der Waals surface area contributed by atoms with E-state index in [1.54, 1.807) is 19.0 Å². The Balaban J connectivity index is 0.000000345. The van der Waals surface area contributed by atoms with Crippen LogP contribution in [-0.2, 0) is 19.1 Å². The minimum atomic E-state index is -5.08. The Morgan fingerprint density at radius 1 is 1.18 bits per heavy atom. The Labute approximate surface area is 162 Å². The van der Waals surface area contributed by atoms with Crippen molar-refractivity contribution in [2.45, 2.75) is 56.5 Å². The molecule has 1 aliphatic carbocycles. The normalized spacial score (nSPS) is 27.5. The van der Waals surface area contributed by atoms with Crippen LogP contribution in [-0.4, -0.2) is 91.6 Å². The fourth-order valence-electron chi connectivity index (χ4n) is 3.47. The molecule has 3 aliphatic rings. The van der Waals surface area contributed by atoms with E-state index in [1.807, 2.05) is 0 Å². The molecule has 10 heteroatoms. The number of aliphatic carboxylic acids is 1.